The van der Waals surface area contributed by atoms with Gasteiger partial charge in [-0.2, -0.15) is 5.10 Å². The maximum Gasteiger partial charge on any atom is 0.260 e. The zero-order chi connectivity index (χ0) is 14.6. The van der Waals surface area contributed by atoms with Crippen molar-refractivity contribution < 1.29 is 8.42 Å². The quantitative estimate of drug-likeness (QED) is 0.703. The van der Waals surface area contributed by atoms with Crippen LogP contribution in [0.15, 0.2) is 5.03 Å². The molecule has 0 aliphatic carbocycles. The van der Waals surface area contributed by atoms with Crippen LogP contribution in [0.5, 0.6) is 0 Å². The summed E-state index contributed by atoms with van der Waals surface area (Å²) in [5.41, 5.74) is 6.81. The van der Waals surface area contributed by atoms with Crippen LogP contribution in [0.4, 0.5) is 0 Å². The summed E-state index contributed by atoms with van der Waals surface area (Å²) in [7, 11) is -3.60. The molecule has 110 valence electrons. The van der Waals surface area contributed by atoms with E-state index < -0.39 is 10.0 Å². The SMILES string of the molecule is Cc1[nH]nc(S(=O)(=O)NC(C)CCC(C)C)c1CN. The molecular formula is C12H24N4O2S. The molecule has 0 bridgehead atoms. The van der Waals surface area contributed by atoms with Crippen LogP contribution in [-0.2, 0) is 16.6 Å². The van der Waals surface area contributed by atoms with Gasteiger partial charge in [0.05, 0.1) is 0 Å². The van der Waals surface area contributed by atoms with E-state index in [1.54, 1.807) is 6.92 Å². The number of hydrogen-bond donors (Lipinski definition) is 3. The van der Waals surface area contributed by atoms with Crippen LogP contribution in [-0.4, -0.2) is 24.7 Å². The highest BCUT2D eigenvalue weighted by atomic mass is 32.2. The van der Waals surface area contributed by atoms with Crippen LogP contribution in [0.25, 0.3) is 0 Å². The summed E-state index contributed by atoms with van der Waals surface area (Å²) >= 11 is 0. The van der Waals surface area contributed by atoms with E-state index in [9.17, 15) is 8.42 Å². The fourth-order valence-corrected chi connectivity index (χ4v) is 3.34. The van der Waals surface area contributed by atoms with E-state index in [0.717, 1.165) is 12.8 Å². The number of rotatable bonds is 7. The van der Waals surface area contributed by atoms with Gasteiger partial charge < -0.3 is 5.73 Å². The Morgan fingerprint density at radius 3 is 2.47 bits per heavy atom. The Labute approximate surface area is 115 Å². The molecule has 1 heterocycles. The lowest BCUT2D eigenvalue weighted by Crippen LogP contribution is -2.33. The third-order valence-corrected chi connectivity index (χ3v) is 4.59. The lowest BCUT2D eigenvalue weighted by molar-refractivity contribution is 0.484. The Balaban J connectivity index is 2.81. The van der Waals surface area contributed by atoms with Crippen molar-refractivity contribution in [3.05, 3.63) is 11.3 Å². The van der Waals surface area contributed by atoms with Crippen LogP contribution in [0.3, 0.4) is 0 Å². The predicted octanol–water partition coefficient (Wildman–Crippen LogP) is 1.28. The molecule has 1 unspecified atom stereocenters. The smallest absolute Gasteiger partial charge is 0.260 e. The number of nitrogens with zero attached hydrogens (tertiary/aromatic N) is 1. The minimum atomic E-state index is -3.60. The number of aryl methyl sites for hydroxylation is 1. The Hall–Kier alpha value is -0.920. The molecule has 1 aromatic heterocycles. The van der Waals surface area contributed by atoms with E-state index in [2.05, 4.69) is 28.8 Å². The molecule has 1 rings (SSSR count). The fourth-order valence-electron chi connectivity index (χ4n) is 1.86. The minimum absolute atomic E-state index is 0.0175. The summed E-state index contributed by atoms with van der Waals surface area (Å²) in [6, 6.07) is -0.116. The molecule has 0 aliphatic heterocycles. The number of nitrogens with two attached hydrogens (primary N) is 1. The highest BCUT2D eigenvalue weighted by Gasteiger charge is 2.24. The van der Waals surface area contributed by atoms with Gasteiger partial charge in [-0.25, -0.2) is 13.1 Å². The van der Waals surface area contributed by atoms with Crippen molar-refractivity contribution in [2.75, 3.05) is 0 Å². The summed E-state index contributed by atoms with van der Waals surface area (Å²) in [4.78, 5) is 0. The molecular weight excluding hydrogens is 264 g/mol. The van der Waals surface area contributed by atoms with Crippen molar-refractivity contribution in [1.29, 1.82) is 0 Å². The van der Waals surface area contributed by atoms with E-state index in [4.69, 9.17) is 5.73 Å². The zero-order valence-corrected chi connectivity index (χ0v) is 12.8. The molecule has 0 saturated carbocycles. The van der Waals surface area contributed by atoms with Crippen LogP contribution < -0.4 is 10.5 Å². The van der Waals surface area contributed by atoms with E-state index >= 15 is 0 Å². The van der Waals surface area contributed by atoms with Gasteiger partial charge in [-0.15, -0.1) is 0 Å². The van der Waals surface area contributed by atoms with Gasteiger partial charge in [0.1, 0.15) is 0 Å². The van der Waals surface area contributed by atoms with Crippen LogP contribution in [0.1, 0.15) is 44.9 Å². The van der Waals surface area contributed by atoms with Gasteiger partial charge >= 0.3 is 0 Å². The first-order chi connectivity index (χ1) is 8.77. The lowest BCUT2D eigenvalue weighted by Gasteiger charge is -2.14. The van der Waals surface area contributed by atoms with E-state index in [1.807, 2.05) is 6.92 Å². The Bertz CT molecular complexity index is 508. The van der Waals surface area contributed by atoms with Gasteiger partial charge in [0.15, 0.2) is 5.03 Å². The number of nitrogens with one attached hydrogen (secondary N) is 2. The molecule has 0 saturated heterocycles. The van der Waals surface area contributed by atoms with Crippen molar-refractivity contribution in [1.82, 2.24) is 14.9 Å². The average Bonchev–Trinajstić information content (AvgIpc) is 2.68. The maximum absolute atomic E-state index is 12.2. The molecule has 0 radical (unpaired) electrons. The third-order valence-electron chi connectivity index (χ3n) is 3.03. The zero-order valence-electron chi connectivity index (χ0n) is 12.0. The van der Waals surface area contributed by atoms with Gasteiger partial charge in [-0.3, -0.25) is 5.10 Å². The number of hydrogen-bond acceptors (Lipinski definition) is 4. The molecule has 0 fully saturated rings. The molecule has 0 amide bonds. The number of aromatic nitrogens is 2. The Morgan fingerprint density at radius 2 is 1.95 bits per heavy atom. The fraction of sp³-hybridized carbons (Fsp3) is 0.750. The van der Waals surface area contributed by atoms with Crippen molar-refractivity contribution >= 4 is 10.0 Å². The maximum atomic E-state index is 12.2. The van der Waals surface area contributed by atoms with E-state index in [0.29, 0.717) is 17.2 Å². The highest BCUT2D eigenvalue weighted by Crippen LogP contribution is 2.16. The predicted molar refractivity (Wildman–Crippen MR) is 75.1 cm³/mol. The minimum Gasteiger partial charge on any atom is -0.326 e. The molecule has 7 heteroatoms. The second-order valence-electron chi connectivity index (χ2n) is 5.33. The van der Waals surface area contributed by atoms with Crippen LogP contribution >= 0.6 is 0 Å². The first kappa shape index (κ1) is 16.1. The van der Waals surface area contributed by atoms with Crippen LogP contribution in [0.2, 0.25) is 0 Å². The van der Waals surface area contributed by atoms with Gasteiger partial charge in [-0.05, 0) is 32.6 Å². The van der Waals surface area contributed by atoms with E-state index in [1.165, 1.54) is 0 Å². The summed E-state index contributed by atoms with van der Waals surface area (Å²) in [6.07, 6.45) is 1.78. The molecule has 4 N–H and O–H groups in total. The number of aromatic amines is 1. The summed E-state index contributed by atoms with van der Waals surface area (Å²) < 4.78 is 27.1. The lowest BCUT2D eigenvalue weighted by atomic mass is 10.1. The van der Waals surface area contributed by atoms with Crippen molar-refractivity contribution in [2.45, 2.75) is 58.1 Å². The van der Waals surface area contributed by atoms with Gasteiger partial charge in [0.2, 0.25) is 0 Å². The van der Waals surface area contributed by atoms with Gasteiger partial charge in [0.25, 0.3) is 10.0 Å². The second-order valence-corrected chi connectivity index (χ2v) is 6.96. The average molecular weight is 288 g/mol. The summed E-state index contributed by atoms with van der Waals surface area (Å²) in [5.74, 6) is 0.555. The first-order valence-corrected chi connectivity index (χ1v) is 8.02. The molecule has 6 nitrogen and oxygen atoms in total. The Morgan fingerprint density at radius 1 is 1.32 bits per heavy atom. The standard InChI is InChI=1S/C12H24N4O2S/c1-8(2)5-6-9(3)16-19(17,18)12-11(7-13)10(4)14-15-12/h8-9,16H,5-7,13H2,1-4H3,(H,14,15). The Kier molecular flexibility index (Phi) is 5.51. The topological polar surface area (TPSA) is 101 Å². The van der Waals surface area contributed by atoms with Crippen molar-refractivity contribution in [2.24, 2.45) is 11.7 Å². The molecule has 0 spiro atoms. The van der Waals surface area contributed by atoms with Crippen molar-refractivity contribution in [3.8, 4) is 0 Å². The van der Waals surface area contributed by atoms with Crippen LogP contribution in [0, 0.1) is 12.8 Å². The monoisotopic (exact) mass is 288 g/mol. The number of H-pyrrole nitrogens is 1. The van der Waals surface area contributed by atoms with E-state index in [-0.39, 0.29) is 17.6 Å². The molecule has 1 atom stereocenters. The second kappa shape index (κ2) is 6.49. The molecule has 19 heavy (non-hydrogen) atoms. The number of sulfonamides is 1. The molecule has 1 aromatic rings. The molecule has 0 aliphatic rings. The summed E-state index contributed by atoms with van der Waals surface area (Å²) in [5, 5.41) is 6.54. The highest BCUT2D eigenvalue weighted by molar-refractivity contribution is 7.89. The summed E-state index contributed by atoms with van der Waals surface area (Å²) in [6.45, 7) is 8.01. The first-order valence-electron chi connectivity index (χ1n) is 6.54. The van der Waals surface area contributed by atoms with Gasteiger partial charge in [0, 0.05) is 23.8 Å². The van der Waals surface area contributed by atoms with Gasteiger partial charge in [-0.1, -0.05) is 13.8 Å². The molecule has 0 aromatic carbocycles. The van der Waals surface area contributed by atoms with Crippen molar-refractivity contribution in [3.63, 3.8) is 0 Å². The third kappa shape index (κ3) is 4.29. The largest absolute Gasteiger partial charge is 0.326 e. The normalized spacial score (nSPS) is 14.0.